The first-order valence-electron chi connectivity index (χ1n) is 14.3. The predicted molar refractivity (Wildman–Crippen MR) is 156 cm³/mol. The van der Waals surface area contributed by atoms with Crippen LogP contribution in [0.3, 0.4) is 0 Å². The molecule has 3 aromatic heterocycles. The highest BCUT2D eigenvalue weighted by Gasteiger charge is 2.24. The fourth-order valence-electron chi connectivity index (χ4n) is 2.39. The van der Waals surface area contributed by atoms with Gasteiger partial charge in [0.2, 0.25) is 6.29 Å². The lowest BCUT2D eigenvalue weighted by atomic mass is 10.2. The first-order valence-corrected chi connectivity index (χ1v) is 14.3. The fraction of sp³-hybridized carbons (Fsp3) is 0.519. The molecule has 0 fully saturated rings. The van der Waals surface area contributed by atoms with Crippen molar-refractivity contribution in [2.45, 2.75) is 72.2 Å². The third kappa shape index (κ3) is 24.8. The lowest BCUT2D eigenvalue weighted by Crippen LogP contribution is -2.20. The summed E-state index contributed by atoms with van der Waals surface area (Å²) in [6, 6.07) is 0. The van der Waals surface area contributed by atoms with Gasteiger partial charge in [0.25, 0.3) is 32.1 Å². The summed E-state index contributed by atoms with van der Waals surface area (Å²) >= 11 is 0. The number of halogens is 12. The van der Waals surface area contributed by atoms with Crippen molar-refractivity contribution < 1.29 is 115 Å². The van der Waals surface area contributed by atoms with Crippen molar-refractivity contribution in [2.75, 3.05) is 19.8 Å². The average Bonchev–Trinajstić information content (AvgIpc) is 3.91. The van der Waals surface area contributed by atoms with Crippen LogP contribution >= 0.6 is 0 Å². The summed E-state index contributed by atoms with van der Waals surface area (Å²) in [6.07, 6.45) is -16.1. The number of aliphatic hydroxyl groups excluding tert-OH is 2. The summed E-state index contributed by atoms with van der Waals surface area (Å²) < 4.78 is 163. The molecule has 3 heterocycles. The summed E-state index contributed by atoms with van der Waals surface area (Å²) in [6.45, 7) is 4.34. The topological polar surface area (TPSA) is 250 Å². The first kappa shape index (κ1) is 54.9. The maximum atomic E-state index is 12.1. The number of aliphatic hydroxyl groups is 2. The second-order valence-electron chi connectivity index (χ2n) is 8.37. The number of ether oxygens (including phenoxy) is 3. The van der Waals surface area contributed by atoms with Gasteiger partial charge in [-0.15, -0.1) is 0 Å². The third-order valence-electron chi connectivity index (χ3n) is 4.58. The summed E-state index contributed by atoms with van der Waals surface area (Å²) in [5.41, 5.74) is -2.88. The van der Waals surface area contributed by atoms with Crippen LogP contribution in [0, 0.1) is 0 Å². The number of nitrogens with zero attached hydrogens (tertiary/aromatic N) is 4. The highest BCUT2D eigenvalue weighted by Crippen LogP contribution is 2.22. The fourth-order valence-corrected chi connectivity index (χ4v) is 2.39. The van der Waals surface area contributed by atoms with Crippen molar-refractivity contribution in [1.29, 1.82) is 0 Å². The molecule has 1 unspecified atom stereocenters. The molecule has 0 radical (unpaired) electrons. The number of hydrogen-bond acceptors (Lipinski definition) is 16. The molecule has 0 amide bonds. The van der Waals surface area contributed by atoms with Crippen LogP contribution in [0.25, 0.3) is 0 Å². The number of carbonyl (C=O) groups is 3. The molecule has 0 aliphatic rings. The summed E-state index contributed by atoms with van der Waals surface area (Å²) in [7, 11) is 0. The third-order valence-corrected chi connectivity index (χ3v) is 4.58. The van der Waals surface area contributed by atoms with E-state index in [0.717, 1.165) is 12.5 Å². The Kier molecular flexibility index (Phi) is 31.2. The highest BCUT2D eigenvalue weighted by molar-refractivity contribution is 5.90. The molecule has 0 bridgehead atoms. The van der Waals surface area contributed by atoms with Crippen LogP contribution in [0.5, 0.6) is 0 Å². The van der Waals surface area contributed by atoms with E-state index in [2.05, 4.69) is 48.4 Å². The van der Waals surface area contributed by atoms with Crippen LogP contribution in [0.2, 0.25) is 0 Å². The molecule has 4 N–H and O–H groups in total. The van der Waals surface area contributed by atoms with E-state index < -0.39 is 92.0 Å². The lowest BCUT2D eigenvalue weighted by Gasteiger charge is -2.06. The van der Waals surface area contributed by atoms with Gasteiger partial charge in [-0.2, -0.15) is 8.78 Å². The molecule has 0 aliphatic heterocycles. The summed E-state index contributed by atoms with van der Waals surface area (Å²) in [5.74, 6) is -3.77. The zero-order chi connectivity index (χ0) is 44.0. The molecule has 322 valence electrons. The number of hydrogen-bond donors (Lipinski definition) is 4. The van der Waals surface area contributed by atoms with Crippen molar-refractivity contribution in [2.24, 2.45) is 5.16 Å². The molecule has 0 saturated carbocycles. The molecule has 1 atom stereocenters. The van der Waals surface area contributed by atoms with Crippen molar-refractivity contribution in [3.63, 3.8) is 0 Å². The number of aromatic nitrogens is 3. The van der Waals surface area contributed by atoms with E-state index in [1.54, 1.807) is 6.92 Å². The minimum absolute atomic E-state index is 0.00315. The Labute approximate surface area is 305 Å². The van der Waals surface area contributed by atoms with E-state index in [-0.39, 0.29) is 37.2 Å². The van der Waals surface area contributed by atoms with E-state index >= 15 is 0 Å². The SMILES string of the molecule is CCOC(=O)C(F)F.CCOC(=O)c1conc1C(F)F.CCOC(O)C(F)F.O/N=C/C(F)F.O=C(O)c1conc1C(F)F.OCc1conc1C(F)F. The molecule has 0 saturated heterocycles. The number of alkyl halides is 12. The van der Waals surface area contributed by atoms with Gasteiger partial charge in [-0.3, -0.25) is 0 Å². The molecule has 0 aromatic carbocycles. The number of carboxylic acid groups (broad SMARTS) is 1. The number of oxime groups is 1. The van der Waals surface area contributed by atoms with Gasteiger partial charge in [0.15, 0.2) is 17.1 Å². The van der Waals surface area contributed by atoms with Crippen LogP contribution in [-0.4, -0.2) is 106 Å². The van der Waals surface area contributed by atoms with Crippen LogP contribution in [0.1, 0.15) is 83.4 Å². The van der Waals surface area contributed by atoms with E-state index in [1.165, 1.54) is 13.8 Å². The molecular weight excluding hydrogens is 816 g/mol. The van der Waals surface area contributed by atoms with Gasteiger partial charge in [-0.05, 0) is 20.8 Å². The molecule has 56 heavy (non-hydrogen) atoms. The standard InChI is InChI=1S/C7H7F2NO3.C5H3F2NO3.C5H5F2NO2.C4H8F2O2.C4H6F2O2.C2H3F2NO/c1-2-12-7(11)4-3-13-10-5(4)6(8)9;6-4(7)3-2(5(9)10)1-11-8-3;6-5(7)4-3(1-9)2-10-8-4;2*1-2-8-4(7)3(5)6;3-2(4)1-5-6/h3,6H,2H2,1H3;1,4H,(H,9,10);2,5,9H,1H2;3-4,7H,2H2,1H3;3H,2H2,1H3;1-2,6H/b;;;;;5-1+. The van der Waals surface area contributed by atoms with Crippen LogP contribution < -0.4 is 0 Å². The second kappa shape index (κ2) is 31.9. The minimum atomic E-state index is -2.99. The maximum Gasteiger partial charge on any atom is 0.373 e. The van der Waals surface area contributed by atoms with Crippen molar-refractivity contribution in [3.05, 3.63) is 52.6 Å². The Morgan fingerprint density at radius 1 is 0.732 bits per heavy atom. The normalized spacial score (nSPS) is 11.1. The summed E-state index contributed by atoms with van der Waals surface area (Å²) in [5, 5.41) is 43.1. The Morgan fingerprint density at radius 2 is 1.18 bits per heavy atom. The van der Waals surface area contributed by atoms with E-state index in [0.29, 0.717) is 6.26 Å². The largest absolute Gasteiger partial charge is 0.478 e. The Bertz CT molecular complexity index is 1490. The van der Waals surface area contributed by atoms with Crippen LogP contribution in [0.15, 0.2) is 37.5 Å². The minimum Gasteiger partial charge on any atom is -0.478 e. The number of carbonyl (C=O) groups excluding carboxylic acids is 2. The molecule has 29 heteroatoms. The van der Waals surface area contributed by atoms with Crippen molar-refractivity contribution in [1.82, 2.24) is 15.5 Å². The van der Waals surface area contributed by atoms with Gasteiger partial charge >= 0.3 is 24.3 Å². The first-order chi connectivity index (χ1) is 26.2. The summed E-state index contributed by atoms with van der Waals surface area (Å²) in [4.78, 5) is 30.9. The van der Waals surface area contributed by atoms with Gasteiger partial charge in [0, 0.05) is 12.2 Å². The van der Waals surface area contributed by atoms with Crippen LogP contribution in [-0.2, 0) is 25.6 Å². The molecule has 3 aromatic rings. The zero-order valence-corrected chi connectivity index (χ0v) is 28.5. The molecule has 17 nitrogen and oxygen atoms in total. The quantitative estimate of drug-likeness (QED) is 0.0366. The maximum absolute atomic E-state index is 12.1. The van der Waals surface area contributed by atoms with E-state index in [9.17, 15) is 67.1 Å². The smallest absolute Gasteiger partial charge is 0.373 e. The highest BCUT2D eigenvalue weighted by atomic mass is 19.3. The van der Waals surface area contributed by atoms with Gasteiger partial charge in [-0.1, -0.05) is 20.6 Å². The van der Waals surface area contributed by atoms with Gasteiger partial charge in [-0.25, -0.2) is 58.3 Å². The van der Waals surface area contributed by atoms with Crippen molar-refractivity contribution in [3.8, 4) is 0 Å². The van der Waals surface area contributed by atoms with E-state index in [4.69, 9.17) is 20.5 Å². The zero-order valence-electron chi connectivity index (χ0n) is 28.5. The molecule has 3 rings (SSSR count). The van der Waals surface area contributed by atoms with Crippen molar-refractivity contribution >= 4 is 24.1 Å². The Morgan fingerprint density at radius 3 is 1.45 bits per heavy atom. The second-order valence-corrected chi connectivity index (χ2v) is 8.37. The molecule has 0 spiro atoms. The monoisotopic (exact) mass is 848 g/mol. The number of aromatic carboxylic acids is 1. The van der Waals surface area contributed by atoms with Gasteiger partial charge in [0.1, 0.15) is 36.1 Å². The number of rotatable bonds is 13. The van der Waals surface area contributed by atoms with Gasteiger partial charge in [0.05, 0.1) is 19.8 Å². The lowest BCUT2D eigenvalue weighted by molar-refractivity contribution is -0.172. The number of carboxylic acids is 1. The molecular formula is C27H32F12N4O13. The molecule has 0 aliphatic carbocycles. The Balaban J connectivity index is -0.000000613. The average molecular weight is 849 g/mol. The van der Waals surface area contributed by atoms with Crippen LogP contribution in [0.4, 0.5) is 52.7 Å². The van der Waals surface area contributed by atoms with E-state index in [1.807, 2.05) is 0 Å². The van der Waals surface area contributed by atoms with Gasteiger partial charge < -0.3 is 48.3 Å². The predicted octanol–water partition coefficient (Wildman–Crippen LogP) is 6.34. The Hall–Kier alpha value is -5.45. The number of esters is 2.